The SMILES string of the molecule is C=CCCCOc1c(COC)c(OCC)cc2c1cc(C#N)c1cc(OCCCCCCC)c(OCCCCCCC)cc12. The second-order valence-corrected chi connectivity index (χ2v) is 11.3. The van der Waals surface area contributed by atoms with Crippen molar-refractivity contribution in [2.45, 2.75) is 104 Å². The summed E-state index contributed by atoms with van der Waals surface area (Å²) in [4.78, 5) is 0. The van der Waals surface area contributed by atoms with Crippen molar-refractivity contribution in [3.8, 4) is 29.1 Å². The third-order valence-corrected chi connectivity index (χ3v) is 7.85. The van der Waals surface area contributed by atoms with Crippen LogP contribution in [0.25, 0.3) is 21.5 Å². The molecule has 0 saturated carbocycles. The average Bonchev–Trinajstić information content (AvgIpc) is 3.03. The van der Waals surface area contributed by atoms with Crippen LogP contribution in [0.3, 0.4) is 0 Å². The summed E-state index contributed by atoms with van der Waals surface area (Å²) < 4.78 is 30.9. The third kappa shape index (κ3) is 9.79. The zero-order chi connectivity index (χ0) is 31.6. The van der Waals surface area contributed by atoms with Gasteiger partial charge in [-0.2, -0.15) is 5.26 Å². The van der Waals surface area contributed by atoms with Crippen LogP contribution in [0.5, 0.6) is 23.0 Å². The summed E-state index contributed by atoms with van der Waals surface area (Å²) in [5.74, 6) is 2.82. The highest BCUT2D eigenvalue weighted by Crippen LogP contribution is 2.44. The molecule has 0 spiro atoms. The smallest absolute Gasteiger partial charge is 0.161 e. The number of hydrogen-bond donors (Lipinski definition) is 0. The molecule has 0 aliphatic heterocycles. The van der Waals surface area contributed by atoms with Gasteiger partial charge in [-0.3, -0.25) is 0 Å². The molecule has 0 aliphatic carbocycles. The molecule has 0 aliphatic rings. The molecule has 6 heteroatoms. The lowest BCUT2D eigenvalue weighted by molar-refractivity contribution is 0.175. The lowest BCUT2D eigenvalue weighted by Gasteiger charge is -2.20. The molecule has 240 valence electrons. The zero-order valence-corrected chi connectivity index (χ0v) is 27.6. The van der Waals surface area contributed by atoms with Crippen molar-refractivity contribution in [1.82, 2.24) is 0 Å². The van der Waals surface area contributed by atoms with Gasteiger partial charge >= 0.3 is 0 Å². The highest BCUT2D eigenvalue weighted by Gasteiger charge is 2.21. The van der Waals surface area contributed by atoms with Crippen LogP contribution in [0.15, 0.2) is 36.9 Å². The molecule has 0 amide bonds. The second kappa shape index (κ2) is 19.8. The minimum Gasteiger partial charge on any atom is -0.493 e. The molecule has 0 bridgehead atoms. The molecule has 6 nitrogen and oxygen atoms in total. The highest BCUT2D eigenvalue weighted by atomic mass is 16.5. The Labute approximate surface area is 265 Å². The van der Waals surface area contributed by atoms with E-state index in [-0.39, 0.29) is 0 Å². The van der Waals surface area contributed by atoms with E-state index in [0.717, 1.165) is 71.4 Å². The maximum absolute atomic E-state index is 10.3. The average molecular weight is 604 g/mol. The number of rotatable bonds is 23. The van der Waals surface area contributed by atoms with Gasteiger partial charge < -0.3 is 23.7 Å². The Morgan fingerprint density at radius 2 is 1.23 bits per heavy atom. The first-order chi connectivity index (χ1) is 21.6. The van der Waals surface area contributed by atoms with Gasteiger partial charge in [0.05, 0.1) is 50.2 Å². The minimum atomic E-state index is 0.333. The first kappa shape index (κ1) is 35.1. The normalized spacial score (nSPS) is 11.1. The molecule has 0 heterocycles. The van der Waals surface area contributed by atoms with Crippen LogP contribution < -0.4 is 18.9 Å². The molecule has 44 heavy (non-hydrogen) atoms. The first-order valence-corrected chi connectivity index (χ1v) is 16.7. The fourth-order valence-corrected chi connectivity index (χ4v) is 5.51. The van der Waals surface area contributed by atoms with E-state index in [1.165, 1.54) is 38.5 Å². The number of nitriles is 1. The number of unbranched alkanes of at least 4 members (excludes halogenated alkanes) is 9. The molecule has 3 rings (SSSR count). The zero-order valence-electron chi connectivity index (χ0n) is 27.6. The Morgan fingerprint density at radius 3 is 1.80 bits per heavy atom. The quantitative estimate of drug-likeness (QED) is 0.0610. The largest absolute Gasteiger partial charge is 0.493 e. The van der Waals surface area contributed by atoms with Crippen LogP contribution in [0.2, 0.25) is 0 Å². The Kier molecular flexibility index (Phi) is 15.7. The molecular weight excluding hydrogens is 550 g/mol. The summed E-state index contributed by atoms with van der Waals surface area (Å²) in [5.41, 5.74) is 1.41. The standard InChI is InChI=1S/C38H53NO5/c1-6-10-13-15-18-20-42-36-24-30-29(27-39)23-33-32(31(30)26-37(36)43-21-19-16-14-11-7-2)25-35(41-9-4)34(28-40-5)38(33)44-22-17-12-8-3/h8,23-26H,3,6-7,9-22,28H2,1-2,4-5H3. The minimum absolute atomic E-state index is 0.333. The molecular formula is C38H53NO5. The van der Waals surface area contributed by atoms with Crippen molar-refractivity contribution in [2.75, 3.05) is 33.5 Å². The van der Waals surface area contributed by atoms with E-state index in [9.17, 15) is 5.26 Å². The monoisotopic (exact) mass is 603 g/mol. The molecule has 0 unspecified atom stereocenters. The lowest BCUT2D eigenvalue weighted by Crippen LogP contribution is -2.06. The topological polar surface area (TPSA) is 69.9 Å². The van der Waals surface area contributed by atoms with Crippen LogP contribution in [0.4, 0.5) is 0 Å². The lowest BCUT2D eigenvalue weighted by atomic mass is 9.94. The van der Waals surface area contributed by atoms with E-state index >= 15 is 0 Å². The van der Waals surface area contributed by atoms with E-state index in [1.54, 1.807) is 7.11 Å². The van der Waals surface area contributed by atoms with Gasteiger partial charge in [0.2, 0.25) is 0 Å². The van der Waals surface area contributed by atoms with Crippen LogP contribution in [0.1, 0.15) is 109 Å². The molecule has 0 N–H and O–H groups in total. The van der Waals surface area contributed by atoms with E-state index in [2.05, 4.69) is 32.6 Å². The summed E-state index contributed by atoms with van der Waals surface area (Å²) in [7, 11) is 1.67. The van der Waals surface area contributed by atoms with E-state index < -0.39 is 0 Å². The van der Waals surface area contributed by atoms with Gasteiger partial charge in [0.1, 0.15) is 11.5 Å². The van der Waals surface area contributed by atoms with Gasteiger partial charge in [0, 0.05) is 17.9 Å². The van der Waals surface area contributed by atoms with Crippen molar-refractivity contribution in [3.63, 3.8) is 0 Å². The van der Waals surface area contributed by atoms with E-state index in [0.29, 0.717) is 55.8 Å². The van der Waals surface area contributed by atoms with Gasteiger partial charge in [-0.1, -0.05) is 71.3 Å². The van der Waals surface area contributed by atoms with Gasteiger partial charge in [-0.25, -0.2) is 0 Å². The molecule has 0 atom stereocenters. The van der Waals surface area contributed by atoms with Crippen LogP contribution in [0, 0.1) is 11.3 Å². The van der Waals surface area contributed by atoms with Crippen LogP contribution >= 0.6 is 0 Å². The Balaban J connectivity index is 2.14. The van der Waals surface area contributed by atoms with E-state index in [4.69, 9.17) is 23.7 Å². The predicted molar refractivity (Wildman–Crippen MR) is 181 cm³/mol. The van der Waals surface area contributed by atoms with Gasteiger partial charge in [-0.05, 0) is 67.6 Å². The van der Waals surface area contributed by atoms with Gasteiger partial charge in [0.25, 0.3) is 0 Å². The summed E-state index contributed by atoms with van der Waals surface area (Å²) in [6.07, 6.45) is 15.2. The third-order valence-electron chi connectivity index (χ3n) is 7.85. The number of methoxy groups -OCH3 is 1. The second-order valence-electron chi connectivity index (χ2n) is 11.3. The first-order valence-electron chi connectivity index (χ1n) is 16.7. The highest BCUT2D eigenvalue weighted by molar-refractivity contribution is 6.13. The van der Waals surface area contributed by atoms with E-state index in [1.807, 2.05) is 31.2 Å². The number of hydrogen-bond acceptors (Lipinski definition) is 6. The number of fused-ring (bicyclic) bond motifs is 3. The van der Waals surface area contributed by atoms with Crippen LogP contribution in [-0.2, 0) is 11.3 Å². The van der Waals surface area contributed by atoms with Crippen molar-refractivity contribution in [3.05, 3.63) is 48.0 Å². The molecule has 3 aromatic rings. The predicted octanol–water partition coefficient (Wildman–Crippen LogP) is 10.5. The summed E-state index contributed by atoms with van der Waals surface area (Å²) in [6, 6.07) is 10.5. The van der Waals surface area contributed by atoms with Crippen molar-refractivity contribution in [2.24, 2.45) is 0 Å². The summed E-state index contributed by atoms with van der Waals surface area (Å²) >= 11 is 0. The molecule has 0 fully saturated rings. The molecule has 0 saturated heterocycles. The fourth-order valence-electron chi connectivity index (χ4n) is 5.51. The van der Waals surface area contributed by atoms with Gasteiger partial charge in [0.15, 0.2) is 11.5 Å². The molecule has 0 aromatic heterocycles. The number of allylic oxidation sites excluding steroid dienone is 1. The summed E-state index contributed by atoms with van der Waals surface area (Å²) in [5, 5.41) is 13.9. The fraction of sp³-hybridized carbons (Fsp3) is 0.553. The Morgan fingerprint density at radius 1 is 0.659 bits per heavy atom. The number of benzene rings is 3. The number of nitrogens with zero attached hydrogens (tertiary/aromatic N) is 1. The van der Waals surface area contributed by atoms with Crippen molar-refractivity contribution < 1.29 is 23.7 Å². The van der Waals surface area contributed by atoms with Gasteiger partial charge in [-0.15, -0.1) is 6.58 Å². The maximum atomic E-state index is 10.3. The van der Waals surface area contributed by atoms with Crippen molar-refractivity contribution >= 4 is 21.5 Å². The Hall–Kier alpha value is -3.43. The molecule has 0 radical (unpaired) electrons. The van der Waals surface area contributed by atoms with Crippen LogP contribution in [-0.4, -0.2) is 33.5 Å². The Bertz CT molecular complexity index is 1360. The number of ether oxygens (including phenoxy) is 5. The molecule has 3 aromatic carbocycles. The summed E-state index contributed by atoms with van der Waals surface area (Å²) in [6.45, 7) is 12.9. The van der Waals surface area contributed by atoms with Crippen molar-refractivity contribution in [1.29, 1.82) is 5.26 Å². The maximum Gasteiger partial charge on any atom is 0.161 e.